The van der Waals surface area contributed by atoms with E-state index in [-0.39, 0.29) is 17.9 Å². The number of aliphatic hydroxyl groups is 1. The summed E-state index contributed by atoms with van der Waals surface area (Å²) < 4.78 is 37.6. The van der Waals surface area contributed by atoms with Gasteiger partial charge in [-0.1, -0.05) is 191 Å². The summed E-state index contributed by atoms with van der Waals surface area (Å²) in [5.41, 5.74) is 24.4. The molecule has 130 heavy (non-hydrogen) atoms. The molecule has 12 aromatic carbocycles. The molecule has 0 aliphatic carbocycles. The van der Waals surface area contributed by atoms with Gasteiger partial charge < -0.3 is 48.1 Å². The summed E-state index contributed by atoms with van der Waals surface area (Å²) in [6.07, 6.45) is 4.26. The zero-order chi connectivity index (χ0) is 92.3. The molecule has 0 unspecified atom stereocenters. The third-order valence-corrected chi connectivity index (χ3v) is 22.8. The highest BCUT2D eigenvalue weighted by atomic mass is 35.5. The van der Waals surface area contributed by atoms with Gasteiger partial charge in [-0.25, -0.2) is 0 Å². The first-order valence-electron chi connectivity index (χ1n) is 42.1. The number of nitrogens with one attached hydrogen (secondary N) is 1. The lowest BCUT2D eigenvalue weighted by atomic mass is 9.96. The number of carbonyl (C=O) groups excluding carboxylic acids is 2. The van der Waals surface area contributed by atoms with Crippen LogP contribution in [0.5, 0.6) is 5.75 Å². The number of aliphatic hydroxyl groups excluding tert-OH is 1. The van der Waals surface area contributed by atoms with Crippen LogP contribution in [0, 0.1) is 11.3 Å². The summed E-state index contributed by atoms with van der Waals surface area (Å²) in [4.78, 5) is 30.1. The van der Waals surface area contributed by atoms with E-state index in [0.29, 0.717) is 91.2 Å². The predicted molar refractivity (Wildman–Crippen MR) is 521 cm³/mol. The molecule has 1 aromatic heterocycles. The van der Waals surface area contributed by atoms with Crippen LogP contribution in [0.4, 0.5) is 5.69 Å². The second-order valence-electron chi connectivity index (χ2n) is 30.7. The Hall–Kier alpha value is -11.4. The number of nitrogens with zero attached hydrogens (tertiary/aromatic N) is 10. The summed E-state index contributed by atoms with van der Waals surface area (Å²) in [6.45, 7) is 7.80. The molecule has 0 atom stereocenters. The molecule has 0 spiro atoms. The van der Waals surface area contributed by atoms with Gasteiger partial charge in [-0.2, -0.15) is 15.6 Å². The first kappa shape index (κ1) is 99.2. The van der Waals surface area contributed by atoms with Gasteiger partial charge in [0.05, 0.1) is 63.1 Å². The van der Waals surface area contributed by atoms with Crippen LogP contribution in [0.1, 0.15) is 87.0 Å². The number of amides is 2. The Morgan fingerprint density at radius 1 is 0.469 bits per heavy atom. The first-order chi connectivity index (χ1) is 63.1. The third-order valence-electron chi connectivity index (χ3n) is 21.3. The molecule has 0 bridgehead atoms. The lowest BCUT2D eigenvalue weighted by Gasteiger charge is -2.29. The second-order valence-corrected chi connectivity index (χ2v) is 33.4. The fraction of sp³-hybridized carbons (Fsp3) is 0.252. The van der Waals surface area contributed by atoms with E-state index < -0.39 is 0 Å². The normalized spacial score (nSPS) is 12.9. The van der Waals surface area contributed by atoms with Crippen LogP contribution in [-0.4, -0.2) is 155 Å². The number of H-pyrrole nitrogens is 1. The minimum atomic E-state index is -0.135. The van der Waals surface area contributed by atoms with Crippen molar-refractivity contribution in [3.63, 3.8) is 0 Å². The Morgan fingerprint density at radius 3 is 1.36 bits per heavy atom. The predicted octanol–water partition coefficient (Wildman–Crippen LogP) is 24.2. The van der Waals surface area contributed by atoms with E-state index in [1.54, 1.807) is 73.8 Å². The molecule has 2 amide bonds. The second kappa shape index (κ2) is 51.3. The van der Waals surface area contributed by atoms with Crippen LogP contribution < -0.4 is 9.64 Å². The van der Waals surface area contributed by atoms with Crippen molar-refractivity contribution in [3.8, 4) is 90.0 Å². The Morgan fingerprint density at radius 2 is 0.900 bits per heavy atom. The van der Waals surface area contributed by atoms with E-state index in [1.165, 1.54) is 0 Å². The largest absolute Gasteiger partial charge is 0.492 e. The summed E-state index contributed by atoms with van der Waals surface area (Å²) in [5.74, 6) is 1.61. The number of carbonyl (C=O) groups is 2. The van der Waals surface area contributed by atoms with Gasteiger partial charge in [0, 0.05) is 142 Å². The van der Waals surface area contributed by atoms with Gasteiger partial charge in [-0.3, -0.25) is 14.5 Å². The van der Waals surface area contributed by atoms with Gasteiger partial charge in [0.25, 0.3) is 5.91 Å². The molecule has 2 saturated heterocycles. The minimum Gasteiger partial charge on any atom is -0.492 e. The maximum absolute atomic E-state index is 12.2. The highest BCUT2D eigenvalue weighted by Gasteiger charge is 2.23. The minimum absolute atomic E-state index is 0.0248. The summed E-state index contributed by atoms with van der Waals surface area (Å²) >= 11 is 35.9. The van der Waals surface area contributed by atoms with Crippen molar-refractivity contribution in [2.24, 2.45) is 15.4 Å². The number of methoxy groups -OCH3 is 6. The monoisotopic (exact) mass is 1860 g/mol. The van der Waals surface area contributed by atoms with Crippen LogP contribution in [0.15, 0.2) is 270 Å². The first-order valence-corrected chi connectivity index (χ1v) is 44.3. The Kier molecular flexibility index (Phi) is 39.1. The number of rotatable bonds is 26. The average molecular weight is 1870 g/mol. The number of benzene rings is 12. The van der Waals surface area contributed by atoms with Gasteiger partial charge in [0.2, 0.25) is 11.7 Å². The van der Waals surface area contributed by atoms with Crippen molar-refractivity contribution < 1.29 is 47.9 Å². The molecule has 27 heteroatoms. The van der Waals surface area contributed by atoms with Crippen molar-refractivity contribution >= 4 is 92.8 Å². The molecule has 21 nitrogen and oxygen atoms in total. The molecule has 3 aliphatic rings. The number of nitriles is 1. The van der Waals surface area contributed by atoms with E-state index in [0.717, 1.165) is 195 Å². The Bertz CT molecular complexity index is 5920. The number of hydrogen-bond donors (Lipinski definition) is 2. The topological polar surface area (TPSA) is 244 Å². The van der Waals surface area contributed by atoms with Crippen molar-refractivity contribution in [2.45, 2.75) is 77.8 Å². The number of ether oxygens (including phenoxy) is 7. The molecule has 2 fully saturated rings. The molecule has 0 radical (unpaired) electrons. The molecular formula is C103H103Cl6N11O10. The fourth-order valence-corrected chi connectivity index (χ4v) is 15.7. The number of aromatic nitrogens is 4. The SMILES string of the molecule is COCc1cc(C(=O)N(C)C)cc(-c2ccc(Cl)cc2)c1.COCc1cc(C2=NN=NC2)ccc1-c1ccc(Cl)cc1.COCc1cc(Cl)ccc1-c1ccc(-c2nn[nH]n2)cc1.COCc1cc(Cl)ccc1-c1ccc(C#N)cc1.COCc1cc(N2CCCCC2=O)ccc1-c1ccc(Cl)cc1.COCc1cc(OCCN2CCC(O)CC2)ccc1-c1ccc(Cl)cc1. The number of likely N-dealkylation sites (tertiary alicyclic amines) is 1. The number of halogens is 6. The molecule has 3 aliphatic heterocycles. The van der Waals surface area contributed by atoms with Gasteiger partial charge in [0.15, 0.2) is 0 Å². The van der Waals surface area contributed by atoms with Crippen molar-refractivity contribution in [1.82, 2.24) is 30.4 Å². The zero-order valence-electron chi connectivity index (χ0n) is 73.7. The maximum Gasteiger partial charge on any atom is 0.253 e. The third kappa shape index (κ3) is 29.3. The van der Waals surface area contributed by atoms with Crippen molar-refractivity contribution in [1.29, 1.82) is 5.26 Å². The lowest BCUT2D eigenvalue weighted by molar-refractivity contribution is -0.119. The van der Waals surface area contributed by atoms with E-state index >= 15 is 0 Å². The molecule has 2 N–H and O–H groups in total. The fourth-order valence-electron chi connectivity index (χ4n) is 14.8. The van der Waals surface area contributed by atoms with Gasteiger partial charge in [0.1, 0.15) is 18.9 Å². The number of hydrogen-bond acceptors (Lipinski definition) is 18. The van der Waals surface area contributed by atoms with Crippen LogP contribution in [0.3, 0.4) is 0 Å². The number of aromatic amines is 1. The highest BCUT2D eigenvalue weighted by molar-refractivity contribution is 6.32. The smallest absolute Gasteiger partial charge is 0.253 e. The van der Waals surface area contributed by atoms with E-state index in [4.69, 9.17) is 108 Å². The number of piperidine rings is 2. The molecule has 672 valence electrons. The van der Waals surface area contributed by atoms with Gasteiger partial charge in [-0.05, 0) is 270 Å². The summed E-state index contributed by atoms with van der Waals surface area (Å²) in [5, 5.41) is 48.1. The molecule has 16 rings (SSSR count). The Labute approximate surface area is 790 Å². The summed E-state index contributed by atoms with van der Waals surface area (Å²) in [6, 6.07) is 84.3. The van der Waals surface area contributed by atoms with E-state index in [9.17, 15) is 14.7 Å². The summed E-state index contributed by atoms with van der Waals surface area (Å²) in [7, 11) is 13.5. The van der Waals surface area contributed by atoms with Crippen LogP contribution in [0.2, 0.25) is 30.1 Å². The number of anilines is 1. The van der Waals surface area contributed by atoms with E-state index in [2.05, 4.69) is 77.4 Å². The standard InChI is InChI=1S/C21H26ClNO3.C19H20ClNO2.C17H18ClNO2.C16H14ClN3O.C15H13ClN4O.C15H12ClNO/c1-25-15-17-14-20(26-13-12-23-10-8-19(24)9-11-23)6-7-21(17)16-2-4-18(22)5-3-16;1-23-13-15-12-17(21-11-3-2-4-19(21)22)9-10-18(15)14-5-7-16(20)8-6-14;1-19(2)17(20)15-9-12(11-21-3)8-14(10-15)13-4-6-16(18)7-5-13;1-21-10-13-8-12(16-9-18-20-19-16)4-7-15(13)11-2-5-14(17)6-3-11;1-21-9-12-8-13(16)6-7-14(12)10-2-4-11(5-3-10)15-17-19-20-18-15;1-18-10-13-8-14(16)6-7-15(13)12-4-2-11(9-17)3-5-12/h2-7,14,19,24H,8-13,15H2,1H3;5-10,12H,2-4,11,13H2,1H3;4-10H,11H2,1-3H3;2-8H,9-10H2,1H3;2-8H,9H2,1H3,(H,17,18,19,20);2-8H,10H2,1H3. The van der Waals surface area contributed by atoms with E-state index in [1.807, 2.05) is 217 Å². The van der Waals surface area contributed by atoms with Gasteiger partial charge in [-0.15, -0.1) is 15.3 Å². The molecule has 13 aromatic rings. The van der Waals surface area contributed by atoms with Gasteiger partial charge >= 0.3 is 0 Å². The quantitative estimate of drug-likeness (QED) is 0.0512. The van der Waals surface area contributed by atoms with Crippen molar-refractivity contribution in [3.05, 3.63) is 335 Å². The maximum atomic E-state index is 12.2. The van der Waals surface area contributed by atoms with Crippen LogP contribution in [-0.2, 0) is 72.9 Å². The number of tetrazole rings is 1. The molecular weight excluding hydrogens is 1760 g/mol. The Balaban J connectivity index is 0.000000151. The average Bonchev–Trinajstić information content (AvgIpc) is 1.10. The molecule has 0 saturated carbocycles. The highest BCUT2D eigenvalue weighted by Crippen LogP contribution is 2.36. The lowest BCUT2D eigenvalue weighted by Crippen LogP contribution is -2.38. The zero-order valence-corrected chi connectivity index (χ0v) is 78.2. The van der Waals surface area contributed by atoms with Crippen molar-refractivity contribution in [2.75, 3.05) is 101 Å². The molecule has 4 heterocycles. The van der Waals surface area contributed by atoms with Crippen LogP contribution in [0.25, 0.3) is 78.1 Å². The van der Waals surface area contributed by atoms with Crippen LogP contribution >= 0.6 is 69.6 Å².